The zero-order chi connectivity index (χ0) is 11.7. The van der Waals surface area contributed by atoms with Crippen LogP contribution >= 0.6 is 0 Å². The lowest BCUT2D eigenvalue weighted by atomic mass is 10.0. The van der Waals surface area contributed by atoms with E-state index in [-0.39, 0.29) is 17.2 Å². The summed E-state index contributed by atoms with van der Waals surface area (Å²) in [6.45, 7) is 0. The van der Waals surface area contributed by atoms with E-state index in [1.807, 2.05) is 0 Å². The molecule has 0 saturated heterocycles. The summed E-state index contributed by atoms with van der Waals surface area (Å²) in [4.78, 5) is 0. The van der Waals surface area contributed by atoms with Crippen molar-refractivity contribution in [1.82, 2.24) is 0 Å². The zero-order valence-electron chi connectivity index (χ0n) is 8.51. The van der Waals surface area contributed by atoms with Crippen LogP contribution in [0, 0.1) is 0 Å². The first kappa shape index (κ1) is 10.2. The predicted octanol–water partition coefficient (Wildman–Crippen LogP) is 1.93. The molecule has 0 radical (unpaired) electrons. The van der Waals surface area contributed by atoms with Crippen molar-refractivity contribution in [2.75, 3.05) is 11.5 Å². The fourth-order valence-electron chi connectivity index (χ4n) is 1.52. The normalized spacial score (nSPS) is 10.2. The maximum Gasteiger partial charge on any atom is 0.140 e. The van der Waals surface area contributed by atoms with Crippen molar-refractivity contribution in [2.24, 2.45) is 0 Å². The Hall–Kier alpha value is -2.36. The Morgan fingerprint density at radius 2 is 1.38 bits per heavy atom. The standard InChI is InChI=1S/C12H12N2O2/c13-11-9(5-6-10(16)12(11)14)7-1-3-8(15)4-2-7/h1-6,15-16H,13-14H2. The highest BCUT2D eigenvalue weighted by Gasteiger charge is 2.08. The first-order valence-corrected chi connectivity index (χ1v) is 4.76. The molecule has 0 heterocycles. The number of aromatic hydroxyl groups is 2. The summed E-state index contributed by atoms with van der Waals surface area (Å²) in [5, 5.41) is 18.5. The van der Waals surface area contributed by atoms with E-state index in [1.54, 1.807) is 30.3 Å². The molecule has 0 atom stereocenters. The molecule has 0 spiro atoms. The average molecular weight is 216 g/mol. The van der Waals surface area contributed by atoms with E-state index in [4.69, 9.17) is 11.5 Å². The van der Waals surface area contributed by atoms with E-state index >= 15 is 0 Å². The average Bonchev–Trinajstić information content (AvgIpc) is 2.28. The second-order valence-electron chi connectivity index (χ2n) is 3.51. The molecule has 4 heteroatoms. The minimum Gasteiger partial charge on any atom is -0.508 e. The Labute approximate surface area is 92.8 Å². The molecule has 0 bridgehead atoms. The van der Waals surface area contributed by atoms with Crippen LogP contribution in [-0.2, 0) is 0 Å². The zero-order valence-corrected chi connectivity index (χ0v) is 8.51. The molecule has 0 aromatic heterocycles. The lowest BCUT2D eigenvalue weighted by Gasteiger charge is -2.09. The van der Waals surface area contributed by atoms with Gasteiger partial charge in [0.25, 0.3) is 0 Å². The largest absolute Gasteiger partial charge is 0.508 e. The molecule has 2 aromatic carbocycles. The third-order valence-electron chi connectivity index (χ3n) is 2.44. The summed E-state index contributed by atoms with van der Waals surface area (Å²) < 4.78 is 0. The van der Waals surface area contributed by atoms with E-state index in [9.17, 15) is 10.2 Å². The quantitative estimate of drug-likeness (QED) is 0.433. The van der Waals surface area contributed by atoms with Crippen molar-refractivity contribution >= 4 is 11.4 Å². The highest BCUT2D eigenvalue weighted by molar-refractivity contribution is 5.87. The van der Waals surface area contributed by atoms with Crippen molar-refractivity contribution in [3.05, 3.63) is 36.4 Å². The van der Waals surface area contributed by atoms with Crippen LogP contribution in [0.1, 0.15) is 0 Å². The molecule has 82 valence electrons. The molecule has 0 unspecified atom stereocenters. The minimum atomic E-state index is -0.0278. The topological polar surface area (TPSA) is 92.5 Å². The number of nitrogen functional groups attached to an aromatic ring is 2. The molecule has 2 aromatic rings. The number of nitrogens with two attached hydrogens (primary N) is 2. The number of benzene rings is 2. The Morgan fingerprint density at radius 3 is 2.00 bits per heavy atom. The SMILES string of the molecule is Nc1c(O)ccc(-c2ccc(O)cc2)c1N. The van der Waals surface area contributed by atoms with E-state index in [0.29, 0.717) is 5.69 Å². The summed E-state index contributed by atoms with van der Waals surface area (Å²) in [6.07, 6.45) is 0. The molecule has 0 amide bonds. The fourth-order valence-corrected chi connectivity index (χ4v) is 1.52. The molecule has 0 aliphatic rings. The maximum absolute atomic E-state index is 9.37. The van der Waals surface area contributed by atoms with Crippen molar-refractivity contribution in [2.45, 2.75) is 0 Å². The highest BCUT2D eigenvalue weighted by atomic mass is 16.3. The van der Waals surface area contributed by atoms with Gasteiger partial charge >= 0.3 is 0 Å². The van der Waals surface area contributed by atoms with Gasteiger partial charge in [0, 0.05) is 5.56 Å². The molecular weight excluding hydrogens is 204 g/mol. The van der Waals surface area contributed by atoms with Crippen LogP contribution in [0.15, 0.2) is 36.4 Å². The van der Waals surface area contributed by atoms with Gasteiger partial charge in [-0.25, -0.2) is 0 Å². The number of anilines is 2. The van der Waals surface area contributed by atoms with Gasteiger partial charge in [0.2, 0.25) is 0 Å². The Kier molecular flexibility index (Phi) is 2.32. The number of rotatable bonds is 1. The second kappa shape index (κ2) is 3.66. The summed E-state index contributed by atoms with van der Waals surface area (Å²) in [5.41, 5.74) is 13.5. The summed E-state index contributed by atoms with van der Waals surface area (Å²) in [5.74, 6) is 0.161. The van der Waals surface area contributed by atoms with Crippen LogP contribution in [0.2, 0.25) is 0 Å². The second-order valence-corrected chi connectivity index (χ2v) is 3.51. The molecule has 0 aliphatic carbocycles. The fraction of sp³-hybridized carbons (Fsp3) is 0. The number of hydrogen-bond donors (Lipinski definition) is 4. The van der Waals surface area contributed by atoms with E-state index < -0.39 is 0 Å². The third-order valence-corrected chi connectivity index (χ3v) is 2.44. The van der Waals surface area contributed by atoms with Gasteiger partial charge in [-0.3, -0.25) is 0 Å². The molecule has 0 saturated carbocycles. The Balaban J connectivity index is 2.57. The van der Waals surface area contributed by atoms with Crippen molar-refractivity contribution in [3.63, 3.8) is 0 Å². The molecular formula is C12H12N2O2. The molecule has 6 N–H and O–H groups in total. The minimum absolute atomic E-state index is 0.0278. The molecule has 16 heavy (non-hydrogen) atoms. The summed E-state index contributed by atoms with van der Waals surface area (Å²) >= 11 is 0. The van der Waals surface area contributed by atoms with Crippen molar-refractivity contribution in [3.8, 4) is 22.6 Å². The number of hydrogen-bond acceptors (Lipinski definition) is 4. The first-order valence-electron chi connectivity index (χ1n) is 4.76. The first-order chi connectivity index (χ1) is 7.59. The van der Waals surface area contributed by atoms with Crippen LogP contribution in [0.25, 0.3) is 11.1 Å². The Bertz CT molecular complexity index is 521. The van der Waals surface area contributed by atoms with Crippen LogP contribution in [0.5, 0.6) is 11.5 Å². The Morgan fingerprint density at radius 1 is 0.750 bits per heavy atom. The summed E-state index contributed by atoms with van der Waals surface area (Å²) in [7, 11) is 0. The van der Waals surface area contributed by atoms with E-state index in [0.717, 1.165) is 11.1 Å². The van der Waals surface area contributed by atoms with E-state index in [2.05, 4.69) is 0 Å². The lowest BCUT2D eigenvalue weighted by Crippen LogP contribution is -1.97. The van der Waals surface area contributed by atoms with Gasteiger partial charge in [-0.15, -0.1) is 0 Å². The van der Waals surface area contributed by atoms with Gasteiger partial charge in [0.15, 0.2) is 0 Å². The van der Waals surface area contributed by atoms with Gasteiger partial charge in [-0.2, -0.15) is 0 Å². The number of phenolic OH excluding ortho intramolecular Hbond substituents is 2. The van der Waals surface area contributed by atoms with Gasteiger partial charge < -0.3 is 21.7 Å². The molecule has 0 fully saturated rings. The highest BCUT2D eigenvalue weighted by Crippen LogP contribution is 2.36. The maximum atomic E-state index is 9.37. The summed E-state index contributed by atoms with van der Waals surface area (Å²) in [6, 6.07) is 9.78. The van der Waals surface area contributed by atoms with Gasteiger partial charge in [-0.1, -0.05) is 12.1 Å². The smallest absolute Gasteiger partial charge is 0.140 e. The number of phenols is 2. The van der Waals surface area contributed by atoms with Crippen molar-refractivity contribution < 1.29 is 10.2 Å². The molecule has 4 nitrogen and oxygen atoms in total. The predicted molar refractivity (Wildman–Crippen MR) is 64.0 cm³/mol. The van der Waals surface area contributed by atoms with E-state index in [1.165, 1.54) is 6.07 Å². The van der Waals surface area contributed by atoms with Gasteiger partial charge in [0.1, 0.15) is 11.5 Å². The monoisotopic (exact) mass is 216 g/mol. The molecule has 0 aliphatic heterocycles. The van der Waals surface area contributed by atoms with Crippen LogP contribution in [-0.4, -0.2) is 10.2 Å². The van der Waals surface area contributed by atoms with Crippen LogP contribution < -0.4 is 11.5 Å². The third kappa shape index (κ3) is 1.61. The lowest BCUT2D eigenvalue weighted by molar-refractivity contribution is 0.475. The van der Waals surface area contributed by atoms with Crippen LogP contribution in [0.4, 0.5) is 11.4 Å². The van der Waals surface area contributed by atoms with Crippen LogP contribution in [0.3, 0.4) is 0 Å². The van der Waals surface area contributed by atoms with Gasteiger partial charge in [0.05, 0.1) is 11.4 Å². The van der Waals surface area contributed by atoms with Crippen molar-refractivity contribution in [1.29, 1.82) is 0 Å². The van der Waals surface area contributed by atoms with Gasteiger partial charge in [-0.05, 0) is 29.8 Å². The molecule has 2 rings (SSSR count).